The average Bonchev–Trinajstić information content (AvgIpc) is 2.49. The Hall–Kier alpha value is -2.18. The van der Waals surface area contributed by atoms with Gasteiger partial charge in [0.25, 0.3) is 5.91 Å². The molecule has 1 heterocycles. The van der Waals surface area contributed by atoms with Crippen LogP contribution < -0.4 is 15.4 Å². The number of aromatic nitrogens is 1. The van der Waals surface area contributed by atoms with Crippen molar-refractivity contribution in [3.63, 3.8) is 0 Å². The van der Waals surface area contributed by atoms with E-state index in [2.05, 4.69) is 15.6 Å². The first-order chi connectivity index (χ1) is 10.9. The number of pyridine rings is 1. The number of hydrogen-bond donors (Lipinski definition) is 2. The largest absolute Gasteiger partial charge is 0.491 e. The van der Waals surface area contributed by atoms with Crippen LogP contribution in [0.1, 0.15) is 24.2 Å². The smallest absolute Gasteiger partial charge is 0.257 e. The van der Waals surface area contributed by atoms with Crippen molar-refractivity contribution in [3.05, 3.63) is 53.3 Å². The van der Waals surface area contributed by atoms with Crippen molar-refractivity contribution in [2.45, 2.75) is 20.0 Å². The molecular formula is C16H16ClN3O2S. The molecule has 1 aromatic heterocycles. The fourth-order valence-corrected chi connectivity index (χ4v) is 2.07. The molecule has 0 aliphatic carbocycles. The monoisotopic (exact) mass is 349 g/mol. The van der Waals surface area contributed by atoms with E-state index < -0.39 is 0 Å². The van der Waals surface area contributed by atoms with E-state index >= 15 is 0 Å². The topological polar surface area (TPSA) is 63.2 Å². The number of halogens is 1. The fourth-order valence-electron chi connectivity index (χ4n) is 1.74. The van der Waals surface area contributed by atoms with Gasteiger partial charge < -0.3 is 10.1 Å². The zero-order chi connectivity index (χ0) is 16.8. The van der Waals surface area contributed by atoms with E-state index in [0.29, 0.717) is 22.2 Å². The van der Waals surface area contributed by atoms with E-state index in [1.165, 1.54) is 6.20 Å². The van der Waals surface area contributed by atoms with E-state index in [4.69, 9.17) is 28.6 Å². The summed E-state index contributed by atoms with van der Waals surface area (Å²) in [6.07, 6.45) is 1.61. The van der Waals surface area contributed by atoms with Crippen LogP contribution in [-0.2, 0) is 0 Å². The van der Waals surface area contributed by atoms with Crippen LogP contribution >= 0.6 is 23.8 Å². The zero-order valence-corrected chi connectivity index (χ0v) is 14.2. The number of ether oxygens (including phenoxy) is 1. The van der Waals surface area contributed by atoms with E-state index in [9.17, 15) is 4.79 Å². The number of benzene rings is 1. The van der Waals surface area contributed by atoms with Crippen LogP contribution in [0.2, 0.25) is 5.15 Å². The maximum Gasteiger partial charge on any atom is 0.257 e. The van der Waals surface area contributed by atoms with Crippen molar-refractivity contribution in [1.29, 1.82) is 0 Å². The highest BCUT2D eigenvalue weighted by Gasteiger charge is 2.08. The first kappa shape index (κ1) is 17.2. The van der Waals surface area contributed by atoms with Gasteiger partial charge in [-0.15, -0.1) is 0 Å². The quantitative estimate of drug-likeness (QED) is 0.651. The Bertz CT molecular complexity index is 687. The van der Waals surface area contributed by atoms with E-state index in [-0.39, 0.29) is 17.1 Å². The van der Waals surface area contributed by atoms with Crippen molar-refractivity contribution in [2.75, 3.05) is 5.32 Å². The van der Waals surface area contributed by atoms with Gasteiger partial charge in [-0.3, -0.25) is 10.1 Å². The normalized spacial score (nSPS) is 10.3. The zero-order valence-electron chi connectivity index (χ0n) is 12.7. The number of hydrogen-bond acceptors (Lipinski definition) is 4. The highest BCUT2D eigenvalue weighted by molar-refractivity contribution is 7.80. The Morgan fingerprint density at radius 3 is 2.48 bits per heavy atom. The molecule has 0 spiro atoms. The molecule has 1 aromatic carbocycles. The molecule has 0 fully saturated rings. The fraction of sp³-hybridized carbons (Fsp3) is 0.188. The van der Waals surface area contributed by atoms with Crippen LogP contribution in [0.3, 0.4) is 0 Å². The van der Waals surface area contributed by atoms with Gasteiger partial charge in [-0.1, -0.05) is 11.6 Å². The molecule has 7 heteroatoms. The Labute approximate surface area is 145 Å². The molecule has 0 unspecified atom stereocenters. The summed E-state index contributed by atoms with van der Waals surface area (Å²) in [7, 11) is 0. The SMILES string of the molecule is CC(C)Oc1ccc(C(=O)NC(=S)Nc2ccc(Cl)nc2)cc1. The third-order valence-electron chi connectivity index (χ3n) is 2.70. The molecule has 2 N–H and O–H groups in total. The average molecular weight is 350 g/mol. The lowest BCUT2D eigenvalue weighted by atomic mass is 10.2. The number of nitrogens with zero attached hydrogens (tertiary/aromatic N) is 1. The summed E-state index contributed by atoms with van der Waals surface area (Å²) >= 11 is 10.8. The molecule has 0 radical (unpaired) electrons. The van der Waals surface area contributed by atoms with Gasteiger partial charge in [-0.05, 0) is 62.5 Å². The Balaban J connectivity index is 1.92. The second-order valence-corrected chi connectivity index (χ2v) is 5.76. The number of amides is 1. The second-order valence-electron chi connectivity index (χ2n) is 4.97. The molecule has 0 saturated heterocycles. The summed E-state index contributed by atoms with van der Waals surface area (Å²) in [6, 6.07) is 10.2. The molecule has 1 amide bonds. The van der Waals surface area contributed by atoms with Crippen LogP contribution in [0.4, 0.5) is 5.69 Å². The van der Waals surface area contributed by atoms with E-state index in [1.54, 1.807) is 36.4 Å². The molecule has 0 atom stereocenters. The van der Waals surface area contributed by atoms with Crippen molar-refractivity contribution < 1.29 is 9.53 Å². The highest BCUT2D eigenvalue weighted by Crippen LogP contribution is 2.14. The summed E-state index contributed by atoms with van der Waals surface area (Å²) < 4.78 is 5.53. The lowest BCUT2D eigenvalue weighted by molar-refractivity contribution is 0.0977. The van der Waals surface area contributed by atoms with Crippen molar-refractivity contribution in [1.82, 2.24) is 10.3 Å². The first-order valence-corrected chi connectivity index (χ1v) is 7.73. The van der Waals surface area contributed by atoms with Crippen LogP contribution in [0.5, 0.6) is 5.75 Å². The standard InChI is InChI=1S/C16H16ClN3O2S/c1-10(2)22-13-6-3-11(4-7-13)15(21)20-16(23)19-12-5-8-14(17)18-9-12/h3-10H,1-2H3,(H2,19,20,21,23). The third kappa shape index (κ3) is 5.50. The number of thiocarbonyl (C=S) groups is 1. The lowest BCUT2D eigenvalue weighted by Crippen LogP contribution is -2.34. The first-order valence-electron chi connectivity index (χ1n) is 6.94. The van der Waals surface area contributed by atoms with Crippen molar-refractivity contribution in [3.8, 4) is 5.75 Å². The molecule has 0 saturated carbocycles. The van der Waals surface area contributed by atoms with Gasteiger partial charge in [-0.2, -0.15) is 0 Å². The number of anilines is 1. The van der Waals surface area contributed by atoms with Crippen molar-refractivity contribution in [2.24, 2.45) is 0 Å². The number of nitrogens with one attached hydrogen (secondary N) is 2. The Morgan fingerprint density at radius 2 is 1.91 bits per heavy atom. The Morgan fingerprint density at radius 1 is 1.22 bits per heavy atom. The summed E-state index contributed by atoms with van der Waals surface area (Å²) in [5.41, 5.74) is 1.12. The molecule has 0 bridgehead atoms. The van der Waals surface area contributed by atoms with Gasteiger partial charge in [-0.25, -0.2) is 4.98 Å². The molecule has 2 aromatic rings. The van der Waals surface area contributed by atoms with Gasteiger partial charge in [0.15, 0.2) is 5.11 Å². The molecule has 23 heavy (non-hydrogen) atoms. The molecule has 120 valence electrons. The van der Waals surface area contributed by atoms with Crippen LogP contribution in [0, 0.1) is 0 Å². The molecule has 2 rings (SSSR count). The highest BCUT2D eigenvalue weighted by atomic mass is 35.5. The van der Waals surface area contributed by atoms with E-state index in [0.717, 1.165) is 0 Å². The lowest BCUT2D eigenvalue weighted by Gasteiger charge is -2.11. The van der Waals surface area contributed by atoms with Crippen molar-refractivity contribution >= 4 is 40.5 Å². The van der Waals surface area contributed by atoms with Gasteiger partial charge >= 0.3 is 0 Å². The molecule has 5 nitrogen and oxygen atoms in total. The van der Waals surface area contributed by atoms with E-state index in [1.807, 2.05) is 13.8 Å². The predicted octanol–water partition coefficient (Wildman–Crippen LogP) is 3.65. The molecule has 0 aliphatic heterocycles. The van der Waals surface area contributed by atoms with Gasteiger partial charge in [0, 0.05) is 5.56 Å². The van der Waals surface area contributed by atoms with Crippen LogP contribution in [-0.4, -0.2) is 22.1 Å². The maximum atomic E-state index is 12.1. The van der Waals surface area contributed by atoms with Crippen LogP contribution in [0.25, 0.3) is 0 Å². The minimum atomic E-state index is -0.305. The summed E-state index contributed by atoms with van der Waals surface area (Å²) in [6.45, 7) is 3.88. The van der Waals surface area contributed by atoms with Gasteiger partial charge in [0.05, 0.1) is 18.0 Å². The van der Waals surface area contributed by atoms with Gasteiger partial charge in [0.2, 0.25) is 0 Å². The summed E-state index contributed by atoms with van der Waals surface area (Å²) in [5, 5.41) is 6.03. The second kappa shape index (κ2) is 7.89. The molecule has 0 aliphatic rings. The van der Waals surface area contributed by atoms with Gasteiger partial charge in [0.1, 0.15) is 10.9 Å². The summed E-state index contributed by atoms with van der Waals surface area (Å²) in [5.74, 6) is 0.407. The Kier molecular flexibility index (Phi) is 5.90. The maximum absolute atomic E-state index is 12.1. The third-order valence-corrected chi connectivity index (χ3v) is 3.13. The summed E-state index contributed by atoms with van der Waals surface area (Å²) in [4.78, 5) is 16.0. The predicted molar refractivity (Wildman–Crippen MR) is 95.1 cm³/mol. The number of carbonyl (C=O) groups excluding carboxylic acids is 1. The number of rotatable bonds is 4. The molecular weight excluding hydrogens is 334 g/mol. The van der Waals surface area contributed by atoms with Crippen LogP contribution in [0.15, 0.2) is 42.6 Å². The minimum absolute atomic E-state index is 0.0828. The minimum Gasteiger partial charge on any atom is -0.491 e. The number of carbonyl (C=O) groups is 1.